The Hall–Kier alpha value is -3.89. The Morgan fingerprint density at radius 2 is 1.61 bits per heavy atom. The fourth-order valence-electron chi connectivity index (χ4n) is 3.96. The number of hydrogen-bond donors (Lipinski definition) is 3. The van der Waals surface area contributed by atoms with Crippen molar-refractivity contribution in [3.8, 4) is 11.4 Å². The Bertz CT molecular complexity index is 1140. The Morgan fingerprint density at radius 1 is 0.889 bits per heavy atom. The first kappa shape index (κ1) is 25.2. The van der Waals surface area contributed by atoms with E-state index in [-0.39, 0.29) is 11.8 Å². The predicted molar refractivity (Wildman–Crippen MR) is 139 cm³/mol. The zero-order valence-corrected chi connectivity index (χ0v) is 20.5. The summed E-state index contributed by atoms with van der Waals surface area (Å²) in [5.74, 6) is 1.32. The maximum atomic E-state index is 12.8. The maximum Gasteiger partial charge on any atom is 0.239 e. The molecule has 36 heavy (non-hydrogen) atoms. The van der Waals surface area contributed by atoms with E-state index in [2.05, 4.69) is 40.7 Å². The van der Waals surface area contributed by atoms with Crippen LogP contribution in [0.3, 0.4) is 0 Å². The van der Waals surface area contributed by atoms with Gasteiger partial charge in [-0.15, -0.1) is 0 Å². The summed E-state index contributed by atoms with van der Waals surface area (Å²) in [5, 5.41) is 8.87. The second-order valence-electron chi connectivity index (χ2n) is 8.66. The zero-order chi connectivity index (χ0) is 25.2. The highest BCUT2D eigenvalue weighted by Crippen LogP contribution is 2.20. The fraction of sp³-hybridized carbons (Fsp3) is 0.346. The number of pyridine rings is 1. The number of benzene rings is 1. The molecule has 1 aromatic carbocycles. The highest BCUT2D eigenvalue weighted by Gasteiger charge is 2.20. The number of nitrogens with zero attached hydrogens (tertiary/aromatic N) is 5. The summed E-state index contributed by atoms with van der Waals surface area (Å²) >= 11 is 0. The highest BCUT2D eigenvalue weighted by atomic mass is 16.2. The first-order chi connectivity index (χ1) is 17.5. The van der Waals surface area contributed by atoms with Crippen molar-refractivity contribution in [3.63, 3.8) is 0 Å². The number of anilines is 2. The van der Waals surface area contributed by atoms with Crippen LogP contribution in [0, 0.1) is 0 Å². The van der Waals surface area contributed by atoms with Gasteiger partial charge in [0.1, 0.15) is 11.6 Å². The summed E-state index contributed by atoms with van der Waals surface area (Å²) in [6, 6.07) is 17.3. The van der Waals surface area contributed by atoms with Crippen LogP contribution in [-0.4, -0.2) is 82.4 Å². The summed E-state index contributed by atoms with van der Waals surface area (Å²) < 4.78 is 0. The van der Waals surface area contributed by atoms with Gasteiger partial charge < -0.3 is 16.0 Å². The van der Waals surface area contributed by atoms with E-state index in [9.17, 15) is 9.59 Å². The molecule has 3 heterocycles. The van der Waals surface area contributed by atoms with E-state index >= 15 is 0 Å². The van der Waals surface area contributed by atoms with Crippen molar-refractivity contribution in [2.24, 2.45) is 0 Å². The van der Waals surface area contributed by atoms with Crippen LogP contribution in [0.2, 0.25) is 0 Å². The molecule has 1 fully saturated rings. The molecule has 10 heteroatoms. The van der Waals surface area contributed by atoms with Gasteiger partial charge in [0.05, 0.1) is 12.2 Å². The molecular weight excluding hydrogens is 456 g/mol. The number of hydrogen-bond acceptors (Lipinski definition) is 8. The Morgan fingerprint density at radius 3 is 2.33 bits per heavy atom. The highest BCUT2D eigenvalue weighted by molar-refractivity contribution is 5.92. The minimum Gasteiger partial charge on any atom is -0.368 e. The minimum atomic E-state index is -0.116. The van der Waals surface area contributed by atoms with Gasteiger partial charge in [0.2, 0.25) is 11.8 Å². The first-order valence-corrected chi connectivity index (χ1v) is 12.1. The molecule has 3 aromatic rings. The molecule has 0 spiro atoms. The second-order valence-corrected chi connectivity index (χ2v) is 8.66. The number of carbonyl (C=O) groups excluding carboxylic acids is 2. The van der Waals surface area contributed by atoms with Crippen molar-refractivity contribution in [2.75, 3.05) is 56.4 Å². The molecule has 4 rings (SSSR count). The molecule has 2 amide bonds. The predicted octanol–water partition coefficient (Wildman–Crippen LogP) is 1.84. The number of carbonyl (C=O) groups is 2. The lowest BCUT2D eigenvalue weighted by Gasteiger charge is -2.34. The largest absolute Gasteiger partial charge is 0.368 e. The van der Waals surface area contributed by atoms with Crippen molar-refractivity contribution >= 4 is 23.5 Å². The molecule has 1 saturated heterocycles. The maximum absolute atomic E-state index is 12.8. The molecule has 2 aromatic heterocycles. The third-order valence-corrected chi connectivity index (χ3v) is 5.77. The topological polar surface area (TPSA) is 115 Å². The molecule has 10 nitrogen and oxygen atoms in total. The van der Waals surface area contributed by atoms with Crippen molar-refractivity contribution in [1.29, 1.82) is 0 Å². The van der Waals surface area contributed by atoms with Crippen LogP contribution in [-0.2, 0) is 16.1 Å². The Balaban J connectivity index is 1.34. The molecule has 1 aliphatic rings. The molecule has 188 valence electrons. The number of amides is 2. The average Bonchev–Trinajstić information content (AvgIpc) is 2.89. The quantitative estimate of drug-likeness (QED) is 0.371. The molecule has 0 aliphatic carbocycles. The molecular formula is C26H32N8O2. The van der Waals surface area contributed by atoms with Crippen molar-refractivity contribution in [1.82, 2.24) is 30.1 Å². The summed E-state index contributed by atoms with van der Waals surface area (Å²) in [4.78, 5) is 42.0. The summed E-state index contributed by atoms with van der Waals surface area (Å²) in [6.07, 6.45) is 1.82. The summed E-state index contributed by atoms with van der Waals surface area (Å²) in [6.45, 7) is 6.97. The van der Waals surface area contributed by atoms with Gasteiger partial charge in [0, 0.05) is 70.6 Å². The third-order valence-electron chi connectivity index (χ3n) is 5.77. The van der Waals surface area contributed by atoms with Crippen LogP contribution in [0.15, 0.2) is 60.8 Å². The SMILES string of the molecule is CC(=O)NCCNc1cc(NC(=O)CN2CCN(Cc3ccccn3)CC2)nc(-c2ccccc2)n1. The fourth-order valence-corrected chi connectivity index (χ4v) is 3.96. The van der Waals surface area contributed by atoms with Gasteiger partial charge in [0.25, 0.3) is 0 Å². The third kappa shape index (κ3) is 7.82. The Kier molecular flexibility index (Phi) is 8.90. The lowest BCUT2D eigenvalue weighted by molar-refractivity contribution is -0.119. The van der Waals surface area contributed by atoms with Crippen LogP contribution in [0.25, 0.3) is 11.4 Å². The molecule has 0 unspecified atom stereocenters. The monoisotopic (exact) mass is 488 g/mol. The lowest BCUT2D eigenvalue weighted by atomic mass is 10.2. The van der Waals surface area contributed by atoms with Gasteiger partial charge in [-0.05, 0) is 12.1 Å². The van der Waals surface area contributed by atoms with E-state index in [0.717, 1.165) is 44.0 Å². The van der Waals surface area contributed by atoms with Crippen molar-refractivity contribution in [3.05, 3.63) is 66.5 Å². The van der Waals surface area contributed by atoms with Gasteiger partial charge in [-0.25, -0.2) is 9.97 Å². The molecule has 0 atom stereocenters. The van der Waals surface area contributed by atoms with Crippen LogP contribution >= 0.6 is 0 Å². The van der Waals surface area contributed by atoms with E-state index in [1.165, 1.54) is 6.92 Å². The molecule has 3 N–H and O–H groups in total. The van der Waals surface area contributed by atoms with Gasteiger partial charge in [-0.1, -0.05) is 36.4 Å². The minimum absolute atomic E-state index is 0.0880. The van der Waals surface area contributed by atoms with Gasteiger partial charge in [0.15, 0.2) is 5.82 Å². The van der Waals surface area contributed by atoms with E-state index in [4.69, 9.17) is 0 Å². The van der Waals surface area contributed by atoms with Gasteiger partial charge in [-0.2, -0.15) is 0 Å². The van der Waals surface area contributed by atoms with E-state index in [1.54, 1.807) is 6.07 Å². The van der Waals surface area contributed by atoms with Crippen molar-refractivity contribution in [2.45, 2.75) is 13.5 Å². The molecule has 0 bridgehead atoms. The second kappa shape index (κ2) is 12.7. The summed E-state index contributed by atoms with van der Waals surface area (Å²) in [7, 11) is 0. The van der Waals surface area contributed by atoms with E-state index < -0.39 is 0 Å². The number of aromatic nitrogens is 3. The smallest absolute Gasteiger partial charge is 0.239 e. The zero-order valence-electron chi connectivity index (χ0n) is 20.5. The van der Waals surface area contributed by atoms with Crippen molar-refractivity contribution < 1.29 is 9.59 Å². The number of rotatable bonds is 10. The number of nitrogens with one attached hydrogen (secondary N) is 3. The standard InChI is InChI=1S/C26H32N8O2/c1-20(35)27-11-12-29-23-17-24(32-26(31-23)21-7-3-2-4-8-21)30-25(36)19-34-15-13-33(14-16-34)18-22-9-5-6-10-28-22/h2-10,17H,11-16,18-19H2,1H3,(H,27,35)(H2,29,30,31,32,36). The molecule has 0 saturated carbocycles. The Labute approximate surface area is 211 Å². The lowest BCUT2D eigenvalue weighted by Crippen LogP contribution is -2.48. The first-order valence-electron chi connectivity index (χ1n) is 12.1. The van der Waals surface area contributed by atoms with Crippen LogP contribution in [0.4, 0.5) is 11.6 Å². The van der Waals surface area contributed by atoms with E-state index in [1.807, 2.05) is 54.7 Å². The van der Waals surface area contributed by atoms with Crippen LogP contribution in [0.5, 0.6) is 0 Å². The van der Waals surface area contributed by atoms with Gasteiger partial charge >= 0.3 is 0 Å². The normalized spacial score (nSPS) is 14.2. The van der Waals surface area contributed by atoms with Crippen LogP contribution in [0.1, 0.15) is 12.6 Å². The van der Waals surface area contributed by atoms with Gasteiger partial charge in [-0.3, -0.25) is 24.4 Å². The molecule has 0 radical (unpaired) electrons. The molecule has 1 aliphatic heterocycles. The van der Waals surface area contributed by atoms with E-state index in [0.29, 0.717) is 37.1 Å². The summed E-state index contributed by atoms with van der Waals surface area (Å²) in [5.41, 5.74) is 1.91. The average molecular weight is 489 g/mol. The van der Waals surface area contributed by atoms with Crippen LogP contribution < -0.4 is 16.0 Å². The number of piperazine rings is 1.